The van der Waals surface area contributed by atoms with E-state index in [2.05, 4.69) is 24.5 Å². The molecule has 0 fully saturated rings. The van der Waals surface area contributed by atoms with Crippen molar-refractivity contribution in [2.24, 2.45) is 5.92 Å². The predicted molar refractivity (Wildman–Crippen MR) is 75.3 cm³/mol. The number of nitrogens with one attached hydrogen (secondary N) is 2. The number of rotatable bonds is 6. The van der Waals surface area contributed by atoms with Gasteiger partial charge in [0.15, 0.2) is 0 Å². The fourth-order valence-corrected chi connectivity index (χ4v) is 1.99. The number of halogens is 1. The van der Waals surface area contributed by atoms with Crippen LogP contribution in [-0.4, -0.2) is 19.0 Å². The molecule has 0 spiro atoms. The second-order valence-corrected chi connectivity index (χ2v) is 5.26. The van der Waals surface area contributed by atoms with Gasteiger partial charge in [0, 0.05) is 13.6 Å². The minimum atomic E-state index is -0.213. The van der Waals surface area contributed by atoms with Gasteiger partial charge in [0.2, 0.25) is 5.91 Å². The first-order chi connectivity index (χ1) is 8.93. The Kier molecular flexibility index (Phi) is 5.96. The average molecular weight is 266 g/mol. The highest BCUT2D eigenvalue weighted by Crippen LogP contribution is 2.10. The molecule has 0 saturated carbocycles. The summed E-state index contributed by atoms with van der Waals surface area (Å²) < 4.78 is 13.2. The molecule has 4 heteroatoms. The quantitative estimate of drug-likeness (QED) is 0.830. The van der Waals surface area contributed by atoms with E-state index in [1.807, 2.05) is 0 Å². The molecule has 1 aromatic carbocycles. The highest BCUT2D eigenvalue weighted by Gasteiger charge is 2.17. The van der Waals surface area contributed by atoms with Crippen molar-refractivity contribution >= 4 is 5.91 Å². The van der Waals surface area contributed by atoms with E-state index in [4.69, 9.17) is 0 Å². The Hall–Kier alpha value is -1.42. The van der Waals surface area contributed by atoms with Crippen LogP contribution in [0.1, 0.15) is 31.4 Å². The summed E-state index contributed by atoms with van der Waals surface area (Å²) in [5, 5.41) is 5.90. The van der Waals surface area contributed by atoms with Crippen molar-refractivity contribution < 1.29 is 9.18 Å². The average Bonchev–Trinajstić information content (AvgIpc) is 2.37. The Bertz CT molecular complexity index is 432. The summed E-state index contributed by atoms with van der Waals surface area (Å²) in [6.07, 6.45) is 0.778. The third-order valence-corrected chi connectivity index (χ3v) is 3.04. The first kappa shape index (κ1) is 15.6. The van der Waals surface area contributed by atoms with Crippen LogP contribution >= 0.6 is 0 Å². The van der Waals surface area contributed by atoms with E-state index in [-0.39, 0.29) is 17.8 Å². The second-order valence-electron chi connectivity index (χ2n) is 5.26. The second kappa shape index (κ2) is 7.24. The zero-order valence-electron chi connectivity index (χ0n) is 12.1. The third-order valence-electron chi connectivity index (χ3n) is 3.04. The summed E-state index contributed by atoms with van der Waals surface area (Å²) >= 11 is 0. The van der Waals surface area contributed by atoms with Crippen molar-refractivity contribution in [3.8, 4) is 0 Å². The van der Waals surface area contributed by atoms with Crippen LogP contribution in [0.2, 0.25) is 0 Å². The topological polar surface area (TPSA) is 41.1 Å². The third kappa shape index (κ3) is 4.99. The van der Waals surface area contributed by atoms with Gasteiger partial charge >= 0.3 is 0 Å². The molecule has 1 unspecified atom stereocenters. The van der Waals surface area contributed by atoms with Crippen molar-refractivity contribution in [1.29, 1.82) is 0 Å². The molecule has 0 saturated heterocycles. The fourth-order valence-electron chi connectivity index (χ4n) is 1.99. The van der Waals surface area contributed by atoms with E-state index in [1.165, 1.54) is 6.07 Å². The van der Waals surface area contributed by atoms with Crippen LogP contribution in [0.5, 0.6) is 0 Å². The Morgan fingerprint density at radius 1 is 1.37 bits per heavy atom. The summed E-state index contributed by atoms with van der Waals surface area (Å²) in [7, 11) is 1.64. The van der Waals surface area contributed by atoms with Crippen LogP contribution in [0.25, 0.3) is 0 Å². The first-order valence-electron chi connectivity index (χ1n) is 6.64. The molecule has 1 aromatic rings. The van der Waals surface area contributed by atoms with Gasteiger partial charge in [-0.15, -0.1) is 0 Å². The minimum absolute atomic E-state index is 0.00691. The van der Waals surface area contributed by atoms with Gasteiger partial charge in [-0.1, -0.05) is 26.0 Å². The summed E-state index contributed by atoms with van der Waals surface area (Å²) in [4.78, 5) is 11.8. The Balaban J connectivity index is 2.64. The smallest absolute Gasteiger partial charge is 0.236 e. The van der Waals surface area contributed by atoms with Gasteiger partial charge in [-0.2, -0.15) is 0 Å². The molecule has 3 nitrogen and oxygen atoms in total. The molecule has 1 amide bonds. The monoisotopic (exact) mass is 266 g/mol. The summed E-state index contributed by atoms with van der Waals surface area (Å²) in [5.41, 5.74) is 1.61. The van der Waals surface area contributed by atoms with Crippen LogP contribution in [0.4, 0.5) is 4.39 Å². The van der Waals surface area contributed by atoms with E-state index in [0.717, 1.165) is 12.0 Å². The van der Waals surface area contributed by atoms with Crippen LogP contribution in [-0.2, 0) is 11.3 Å². The van der Waals surface area contributed by atoms with E-state index in [9.17, 15) is 9.18 Å². The lowest BCUT2D eigenvalue weighted by atomic mass is 10.0. The summed E-state index contributed by atoms with van der Waals surface area (Å²) in [6.45, 7) is 6.47. The van der Waals surface area contributed by atoms with E-state index < -0.39 is 0 Å². The highest BCUT2D eigenvalue weighted by molar-refractivity contribution is 5.81. The van der Waals surface area contributed by atoms with Crippen LogP contribution in [0.3, 0.4) is 0 Å². The Morgan fingerprint density at radius 3 is 2.58 bits per heavy atom. The molecule has 0 aliphatic rings. The number of aryl methyl sites for hydroxylation is 1. The number of hydrogen-bond donors (Lipinski definition) is 2. The van der Waals surface area contributed by atoms with Gasteiger partial charge in [-0.05, 0) is 36.5 Å². The molecule has 106 valence electrons. The van der Waals surface area contributed by atoms with Gasteiger partial charge in [0.05, 0.1) is 6.04 Å². The maximum atomic E-state index is 13.2. The van der Waals surface area contributed by atoms with Gasteiger partial charge in [-0.3, -0.25) is 4.79 Å². The molecular formula is C15H23FN2O. The van der Waals surface area contributed by atoms with Gasteiger partial charge in [0.1, 0.15) is 5.82 Å². The molecule has 0 aliphatic heterocycles. The number of carbonyl (C=O) groups is 1. The maximum absolute atomic E-state index is 13.2. The van der Waals surface area contributed by atoms with E-state index in [0.29, 0.717) is 18.0 Å². The Morgan fingerprint density at radius 2 is 2.05 bits per heavy atom. The zero-order valence-corrected chi connectivity index (χ0v) is 12.1. The number of benzene rings is 1. The van der Waals surface area contributed by atoms with Crippen LogP contribution in [0.15, 0.2) is 18.2 Å². The minimum Gasteiger partial charge on any atom is -0.358 e. The van der Waals surface area contributed by atoms with Crippen molar-refractivity contribution in [3.05, 3.63) is 35.1 Å². The fraction of sp³-hybridized carbons (Fsp3) is 0.533. The summed E-state index contributed by atoms with van der Waals surface area (Å²) in [6, 6.07) is 4.80. The lowest BCUT2D eigenvalue weighted by Crippen LogP contribution is -2.43. The van der Waals surface area contributed by atoms with E-state index >= 15 is 0 Å². The Labute approximate surface area is 114 Å². The van der Waals surface area contributed by atoms with Crippen molar-refractivity contribution in [3.63, 3.8) is 0 Å². The van der Waals surface area contributed by atoms with Crippen LogP contribution < -0.4 is 10.6 Å². The van der Waals surface area contributed by atoms with Crippen molar-refractivity contribution in [1.82, 2.24) is 10.6 Å². The van der Waals surface area contributed by atoms with Gasteiger partial charge in [0.25, 0.3) is 0 Å². The molecule has 0 bridgehead atoms. The van der Waals surface area contributed by atoms with E-state index in [1.54, 1.807) is 26.1 Å². The lowest BCUT2D eigenvalue weighted by molar-refractivity contribution is -0.123. The van der Waals surface area contributed by atoms with Gasteiger partial charge in [-0.25, -0.2) is 4.39 Å². The molecular weight excluding hydrogens is 243 g/mol. The first-order valence-corrected chi connectivity index (χ1v) is 6.64. The van der Waals surface area contributed by atoms with Crippen molar-refractivity contribution in [2.75, 3.05) is 7.05 Å². The molecule has 0 aromatic heterocycles. The SMILES string of the molecule is CNC(=O)C(CC(C)C)NCc1ccc(F)c(C)c1. The normalized spacial score (nSPS) is 12.5. The number of likely N-dealkylation sites (N-methyl/N-ethyl adjacent to an activating group) is 1. The largest absolute Gasteiger partial charge is 0.358 e. The molecule has 0 heterocycles. The highest BCUT2D eigenvalue weighted by atomic mass is 19.1. The predicted octanol–water partition coefficient (Wildman–Crippen LogP) is 2.38. The van der Waals surface area contributed by atoms with Gasteiger partial charge < -0.3 is 10.6 Å². The molecule has 0 aliphatic carbocycles. The molecule has 19 heavy (non-hydrogen) atoms. The zero-order chi connectivity index (χ0) is 14.4. The molecule has 0 radical (unpaired) electrons. The molecule has 1 rings (SSSR count). The molecule has 2 N–H and O–H groups in total. The number of amides is 1. The van der Waals surface area contributed by atoms with Crippen molar-refractivity contribution in [2.45, 2.75) is 39.8 Å². The lowest BCUT2D eigenvalue weighted by Gasteiger charge is -2.19. The summed E-state index contributed by atoms with van der Waals surface area (Å²) in [5.74, 6) is 0.228. The standard InChI is InChI=1S/C15H23FN2O/c1-10(2)7-14(15(19)17-4)18-9-12-5-6-13(16)11(3)8-12/h5-6,8,10,14,18H,7,9H2,1-4H3,(H,17,19). The van der Waals surface area contributed by atoms with Crippen LogP contribution in [0, 0.1) is 18.7 Å². The number of hydrogen-bond acceptors (Lipinski definition) is 2. The number of carbonyl (C=O) groups excluding carboxylic acids is 1. The maximum Gasteiger partial charge on any atom is 0.236 e. The molecule has 1 atom stereocenters.